The minimum Gasteiger partial charge on any atom is -0.358 e. The number of aromatic amines is 1. The van der Waals surface area contributed by atoms with Gasteiger partial charge in [0.15, 0.2) is 0 Å². The Labute approximate surface area is 117 Å². The number of benzene rings is 1. The van der Waals surface area contributed by atoms with Gasteiger partial charge >= 0.3 is 6.18 Å². The van der Waals surface area contributed by atoms with E-state index in [9.17, 15) is 13.2 Å². The third-order valence-electron chi connectivity index (χ3n) is 3.64. The number of fused-ring (bicyclic) bond motifs is 3. The number of halogens is 5. The first kappa shape index (κ1) is 13.1. The third-order valence-corrected chi connectivity index (χ3v) is 4.37. The van der Waals surface area contributed by atoms with E-state index >= 15 is 0 Å². The van der Waals surface area contributed by atoms with E-state index in [0.717, 1.165) is 10.9 Å². The molecule has 0 amide bonds. The Hall–Kier alpha value is -0.870. The van der Waals surface area contributed by atoms with Gasteiger partial charge in [0.2, 0.25) is 0 Å². The van der Waals surface area contributed by atoms with Crippen molar-refractivity contribution in [2.24, 2.45) is 0 Å². The number of nitrogens with one attached hydrogen (secondary N) is 1. The van der Waals surface area contributed by atoms with E-state index in [4.69, 9.17) is 23.2 Å². The average molecular weight is 308 g/mol. The summed E-state index contributed by atoms with van der Waals surface area (Å²) in [6, 6.07) is 3.23. The molecule has 1 atom stereocenters. The summed E-state index contributed by atoms with van der Waals surface area (Å²) in [6.45, 7) is 0. The van der Waals surface area contributed by atoms with E-state index in [-0.39, 0.29) is 12.1 Å². The molecule has 1 unspecified atom stereocenters. The van der Waals surface area contributed by atoms with Gasteiger partial charge in [0.05, 0.1) is 16.0 Å². The van der Waals surface area contributed by atoms with Gasteiger partial charge in [-0.15, -0.1) is 0 Å². The lowest BCUT2D eigenvalue weighted by Gasteiger charge is -2.24. The van der Waals surface area contributed by atoms with Gasteiger partial charge in [0.1, 0.15) is 0 Å². The normalized spacial score (nSPS) is 19.7. The van der Waals surface area contributed by atoms with Crippen LogP contribution in [0.1, 0.15) is 30.0 Å². The highest BCUT2D eigenvalue weighted by molar-refractivity contribution is 6.42. The summed E-state index contributed by atoms with van der Waals surface area (Å²) in [7, 11) is 0. The van der Waals surface area contributed by atoms with Crippen molar-refractivity contribution in [2.75, 3.05) is 0 Å². The summed E-state index contributed by atoms with van der Waals surface area (Å²) < 4.78 is 39.1. The lowest BCUT2D eigenvalue weighted by atomic mass is 9.86. The Morgan fingerprint density at radius 2 is 1.84 bits per heavy atom. The molecule has 19 heavy (non-hydrogen) atoms. The minimum absolute atomic E-state index is 0.130. The van der Waals surface area contributed by atoms with E-state index in [1.165, 1.54) is 0 Å². The monoisotopic (exact) mass is 307 g/mol. The molecule has 3 rings (SSSR count). The second kappa shape index (κ2) is 4.32. The first-order valence-corrected chi connectivity index (χ1v) is 6.69. The minimum atomic E-state index is -4.22. The molecule has 1 aromatic carbocycles. The number of alkyl halides is 3. The summed E-state index contributed by atoms with van der Waals surface area (Å²) in [6.07, 6.45) is -2.92. The summed E-state index contributed by atoms with van der Waals surface area (Å²) >= 11 is 11.8. The highest BCUT2D eigenvalue weighted by atomic mass is 35.5. The second-order valence-electron chi connectivity index (χ2n) is 4.82. The Morgan fingerprint density at radius 3 is 2.53 bits per heavy atom. The largest absolute Gasteiger partial charge is 0.397 e. The molecule has 0 saturated heterocycles. The first-order chi connectivity index (χ1) is 8.88. The maximum Gasteiger partial charge on any atom is 0.397 e. The predicted octanol–water partition coefficient (Wildman–Crippen LogP) is 5.46. The van der Waals surface area contributed by atoms with Crippen LogP contribution in [0, 0.1) is 0 Å². The molecule has 1 N–H and O–H groups in total. The molecule has 1 aromatic heterocycles. The quantitative estimate of drug-likeness (QED) is 0.665. The van der Waals surface area contributed by atoms with Crippen LogP contribution in [-0.4, -0.2) is 11.2 Å². The van der Waals surface area contributed by atoms with E-state index in [2.05, 4.69) is 4.98 Å². The van der Waals surface area contributed by atoms with Crippen LogP contribution in [0.3, 0.4) is 0 Å². The van der Waals surface area contributed by atoms with E-state index in [1.807, 2.05) is 0 Å². The average Bonchev–Trinajstić information content (AvgIpc) is 2.66. The number of aryl methyl sites for hydroxylation is 1. The van der Waals surface area contributed by atoms with Crippen LogP contribution >= 0.6 is 23.2 Å². The second-order valence-corrected chi connectivity index (χ2v) is 5.63. The molecular weight excluding hydrogens is 298 g/mol. The molecule has 0 radical (unpaired) electrons. The van der Waals surface area contributed by atoms with Crippen LogP contribution in [-0.2, 0) is 6.42 Å². The highest BCUT2D eigenvalue weighted by Crippen LogP contribution is 2.45. The molecule has 0 spiro atoms. The van der Waals surface area contributed by atoms with Crippen molar-refractivity contribution in [1.82, 2.24) is 4.98 Å². The zero-order valence-electron chi connectivity index (χ0n) is 9.74. The summed E-state index contributed by atoms with van der Waals surface area (Å²) in [5, 5.41) is 1.46. The lowest BCUT2D eigenvalue weighted by Crippen LogP contribution is -2.24. The zero-order chi connectivity index (χ0) is 13.8. The summed E-state index contributed by atoms with van der Waals surface area (Å²) in [4.78, 5) is 2.88. The van der Waals surface area contributed by atoms with Crippen molar-refractivity contribution in [1.29, 1.82) is 0 Å². The van der Waals surface area contributed by atoms with Crippen LogP contribution < -0.4 is 0 Å². The fraction of sp³-hybridized carbons (Fsp3) is 0.385. The highest BCUT2D eigenvalue weighted by Gasteiger charge is 2.44. The summed E-state index contributed by atoms with van der Waals surface area (Å²) in [5.74, 6) is -1.42. The molecule has 102 valence electrons. The van der Waals surface area contributed by atoms with Gasteiger partial charge in [-0.3, -0.25) is 0 Å². The fourth-order valence-corrected chi connectivity index (χ4v) is 3.11. The smallest absolute Gasteiger partial charge is 0.358 e. The van der Waals surface area contributed by atoms with Gasteiger partial charge in [-0.05, 0) is 37.0 Å². The molecule has 1 aliphatic carbocycles. The molecule has 2 aromatic rings. The third kappa shape index (κ3) is 2.11. The molecule has 1 heterocycles. The Morgan fingerprint density at radius 1 is 1.16 bits per heavy atom. The topological polar surface area (TPSA) is 15.8 Å². The van der Waals surface area contributed by atoms with Crippen molar-refractivity contribution < 1.29 is 13.2 Å². The first-order valence-electron chi connectivity index (χ1n) is 5.94. The maximum absolute atomic E-state index is 13.0. The van der Waals surface area contributed by atoms with Gasteiger partial charge in [-0.1, -0.05) is 23.2 Å². The van der Waals surface area contributed by atoms with Crippen molar-refractivity contribution in [3.63, 3.8) is 0 Å². The van der Waals surface area contributed by atoms with E-state index in [0.29, 0.717) is 28.4 Å². The molecule has 1 aliphatic rings. The molecule has 0 fully saturated rings. The Kier molecular flexibility index (Phi) is 2.98. The summed E-state index contributed by atoms with van der Waals surface area (Å²) in [5.41, 5.74) is 1.62. The molecule has 6 heteroatoms. The van der Waals surface area contributed by atoms with Gasteiger partial charge in [-0.25, -0.2) is 0 Å². The van der Waals surface area contributed by atoms with Gasteiger partial charge in [0.25, 0.3) is 0 Å². The molecule has 1 nitrogen and oxygen atoms in total. The molecule has 0 bridgehead atoms. The predicted molar refractivity (Wildman–Crippen MR) is 70.1 cm³/mol. The molecule has 0 aliphatic heterocycles. The number of hydrogen-bond donors (Lipinski definition) is 1. The standard InChI is InChI=1S/C13H10Cl2F3N/c14-9-4-7-6-2-1-3-8(13(16,17)18)12(6)19-11(7)5-10(9)15/h4-5,8,19H,1-3H2. The van der Waals surface area contributed by atoms with Crippen molar-refractivity contribution in [3.05, 3.63) is 33.4 Å². The zero-order valence-corrected chi connectivity index (χ0v) is 11.3. The van der Waals surface area contributed by atoms with Crippen LogP contribution in [0.25, 0.3) is 10.9 Å². The van der Waals surface area contributed by atoms with Gasteiger partial charge in [-0.2, -0.15) is 13.2 Å². The Bertz CT molecular complexity index is 645. The van der Waals surface area contributed by atoms with E-state index in [1.54, 1.807) is 12.1 Å². The molecular formula is C13H10Cl2F3N. The van der Waals surface area contributed by atoms with Crippen molar-refractivity contribution >= 4 is 34.1 Å². The van der Waals surface area contributed by atoms with Crippen LogP contribution in [0.2, 0.25) is 10.0 Å². The number of H-pyrrole nitrogens is 1. The van der Waals surface area contributed by atoms with Gasteiger partial charge in [0, 0.05) is 16.6 Å². The number of hydrogen-bond acceptors (Lipinski definition) is 0. The Balaban J connectivity index is 2.24. The van der Waals surface area contributed by atoms with Crippen LogP contribution in [0.15, 0.2) is 12.1 Å². The van der Waals surface area contributed by atoms with Crippen LogP contribution in [0.5, 0.6) is 0 Å². The van der Waals surface area contributed by atoms with Gasteiger partial charge < -0.3 is 4.98 Å². The number of rotatable bonds is 0. The van der Waals surface area contributed by atoms with Crippen molar-refractivity contribution in [2.45, 2.75) is 31.4 Å². The molecule has 0 saturated carbocycles. The SMILES string of the molecule is FC(F)(F)C1CCCc2c1[nH]c1cc(Cl)c(Cl)cc21. The van der Waals surface area contributed by atoms with Crippen molar-refractivity contribution in [3.8, 4) is 0 Å². The van der Waals surface area contributed by atoms with Crippen LogP contribution in [0.4, 0.5) is 13.2 Å². The number of aromatic nitrogens is 1. The fourth-order valence-electron chi connectivity index (χ4n) is 2.79. The lowest BCUT2D eigenvalue weighted by molar-refractivity contribution is -0.154. The van der Waals surface area contributed by atoms with E-state index < -0.39 is 12.1 Å². The maximum atomic E-state index is 13.0.